The molecule has 118 valence electrons. The fourth-order valence-corrected chi connectivity index (χ4v) is 3.17. The molecule has 1 aliphatic rings. The van der Waals surface area contributed by atoms with Gasteiger partial charge in [-0.2, -0.15) is 0 Å². The Bertz CT molecular complexity index is 541. The second kappa shape index (κ2) is 7.22. The lowest BCUT2D eigenvalue weighted by atomic mass is 10.3. The van der Waals surface area contributed by atoms with E-state index in [0.717, 1.165) is 18.5 Å². The van der Waals surface area contributed by atoms with Gasteiger partial charge in [0.15, 0.2) is 0 Å². The Morgan fingerprint density at radius 3 is 2.43 bits per heavy atom. The van der Waals surface area contributed by atoms with Crippen LogP contribution in [0.3, 0.4) is 0 Å². The zero-order chi connectivity index (χ0) is 15.3. The van der Waals surface area contributed by atoms with Gasteiger partial charge >= 0.3 is 0 Å². The van der Waals surface area contributed by atoms with Crippen LogP contribution in [-0.4, -0.2) is 47.9 Å². The third kappa shape index (κ3) is 4.96. The minimum absolute atomic E-state index is 0.0463. The third-order valence-electron chi connectivity index (χ3n) is 3.28. The lowest BCUT2D eigenvalue weighted by molar-refractivity contribution is 0.0365. The molecule has 0 spiro atoms. The van der Waals surface area contributed by atoms with E-state index in [-0.39, 0.29) is 12.1 Å². The SMILES string of the molecule is COCC(CNc1ccc(S(=O)(=O)NC2CC2)cc1)OC. The second-order valence-electron chi connectivity index (χ2n) is 5.11. The van der Waals surface area contributed by atoms with Gasteiger partial charge in [0.2, 0.25) is 10.0 Å². The van der Waals surface area contributed by atoms with E-state index in [4.69, 9.17) is 9.47 Å². The molecule has 0 amide bonds. The van der Waals surface area contributed by atoms with Gasteiger partial charge < -0.3 is 14.8 Å². The molecule has 1 fully saturated rings. The molecule has 1 atom stereocenters. The fourth-order valence-electron chi connectivity index (χ4n) is 1.87. The first kappa shape index (κ1) is 16.2. The summed E-state index contributed by atoms with van der Waals surface area (Å²) in [7, 11) is -0.128. The number of hydrogen-bond acceptors (Lipinski definition) is 5. The molecule has 0 saturated heterocycles. The monoisotopic (exact) mass is 314 g/mol. The van der Waals surface area contributed by atoms with Gasteiger partial charge in [0, 0.05) is 32.5 Å². The lowest BCUT2D eigenvalue weighted by Gasteiger charge is -2.16. The van der Waals surface area contributed by atoms with Crippen LogP contribution in [0, 0.1) is 0 Å². The molecule has 21 heavy (non-hydrogen) atoms. The molecule has 1 saturated carbocycles. The Labute approximate surface area is 125 Å². The number of hydrogen-bond donors (Lipinski definition) is 2. The van der Waals surface area contributed by atoms with Crippen molar-refractivity contribution in [2.45, 2.75) is 29.9 Å². The Kier molecular flexibility index (Phi) is 5.58. The normalized spacial score (nSPS) is 16.7. The highest BCUT2D eigenvalue weighted by molar-refractivity contribution is 7.89. The molecule has 1 unspecified atom stereocenters. The van der Waals surface area contributed by atoms with Gasteiger partial charge in [-0.25, -0.2) is 13.1 Å². The van der Waals surface area contributed by atoms with Gasteiger partial charge in [-0.1, -0.05) is 0 Å². The van der Waals surface area contributed by atoms with Crippen molar-refractivity contribution in [3.63, 3.8) is 0 Å². The fraction of sp³-hybridized carbons (Fsp3) is 0.571. The van der Waals surface area contributed by atoms with Crippen molar-refractivity contribution in [3.8, 4) is 0 Å². The van der Waals surface area contributed by atoms with Crippen molar-refractivity contribution in [3.05, 3.63) is 24.3 Å². The van der Waals surface area contributed by atoms with E-state index in [2.05, 4.69) is 10.0 Å². The topological polar surface area (TPSA) is 76.7 Å². The summed E-state index contributed by atoms with van der Waals surface area (Å²) in [5, 5.41) is 3.19. The molecule has 7 heteroatoms. The average molecular weight is 314 g/mol. The molecule has 0 radical (unpaired) electrons. The van der Waals surface area contributed by atoms with Crippen LogP contribution in [0.2, 0.25) is 0 Å². The molecule has 1 aromatic carbocycles. The van der Waals surface area contributed by atoms with E-state index < -0.39 is 10.0 Å². The molecule has 0 aliphatic heterocycles. The maximum Gasteiger partial charge on any atom is 0.240 e. The number of methoxy groups -OCH3 is 2. The predicted octanol–water partition coefficient (Wildman–Crippen LogP) is 1.20. The standard InChI is InChI=1S/C14H22N2O4S/c1-19-10-13(20-2)9-15-11-5-7-14(8-6-11)21(17,18)16-12-3-4-12/h5-8,12-13,15-16H,3-4,9-10H2,1-2H3. The molecular weight excluding hydrogens is 292 g/mol. The van der Waals surface area contributed by atoms with E-state index in [0.29, 0.717) is 18.0 Å². The van der Waals surface area contributed by atoms with Gasteiger partial charge in [-0.3, -0.25) is 0 Å². The maximum absolute atomic E-state index is 12.0. The molecular formula is C14H22N2O4S. The Balaban J connectivity index is 1.92. The number of rotatable bonds is 9. The van der Waals surface area contributed by atoms with E-state index in [1.54, 1.807) is 38.5 Å². The second-order valence-corrected chi connectivity index (χ2v) is 6.83. The van der Waals surface area contributed by atoms with Crippen molar-refractivity contribution in [2.75, 3.05) is 32.7 Å². The largest absolute Gasteiger partial charge is 0.382 e. The summed E-state index contributed by atoms with van der Waals surface area (Å²) >= 11 is 0. The minimum Gasteiger partial charge on any atom is -0.382 e. The summed E-state index contributed by atoms with van der Waals surface area (Å²) in [5.41, 5.74) is 0.846. The number of anilines is 1. The van der Waals surface area contributed by atoms with Gasteiger partial charge in [-0.15, -0.1) is 0 Å². The van der Waals surface area contributed by atoms with Crippen molar-refractivity contribution in [1.29, 1.82) is 0 Å². The van der Waals surface area contributed by atoms with Crippen LogP contribution in [0.15, 0.2) is 29.2 Å². The average Bonchev–Trinajstić information content (AvgIpc) is 3.27. The van der Waals surface area contributed by atoms with Crippen LogP contribution >= 0.6 is 0 Å². The van der Waals surface area contributed by atoms with Crippen LogP contribution in [0.5, 0.6) is 0 Å². The Morgan fingerprint density at radius 1 is 1.24 bits per heavy atom. The maximum atomic E-state index is 12.0. The summed E-state index contributed by atoms with van der Waals surface area (Å²) in [4.78, 5) is 0.292. The summed E-state index contributed by atoms with van der Waals surface area (Å²) in [5.74, 6) is 0. The van der Waals surface area contributed by atoms with Crippen molar-refractivity contribution in [2.24, 2.45) is 0 Å². The highest BCUT2D eigenvalue weighted by atomic mass is 32.2. The van der Waals surface area contributed by atoms with E-state index in [1.807, 2.05) is 0 Å². The Morgan fingerprint density at radius 2 is 1.90 bits per heavy atom. The predicted molar refractivity (Wildman–Crippen MR) is 80.9 cm³/mol. The van der Waals surface area contributed by atoms with Crippen LogP contribution in [-0.2, 0) is 19.5 Å². The molecule has 0 heterocycles. The van der Waals surface area contributed by atoms with Gasteiger partial charge in [0.05, 0.1) is 17.6 Å². The van der Waals surface area contributed by atoms with Gasteiger partial charge in [0.25, 0.3) is 0 Å². The zero-order valence-corrected chi connectivity index (χ0v) is 13.2. The summed E-state index contributed by atoms with van der Waals surface area (Å²) in [6, 6.07) is 6.82. The molecule has 1 aromatic rings. The zero-order valence-electron chi connectivity index (χ0n) is 12.3. The van der Waals surface area contributed by atoms with Crippen molar-refractivity contribution < 1.29 is 17.9 Å². The number of benzene rings is 1. The van der Waals surface area contributed by atoms with Crippen molar-refractivity contribution in [1.82, 2.24) is 4.72 Å². The lowest BCUT2D eigenvalue weighted by Crippen LogP contribution is -2.27. The number of ether oxygens (including phenoxy) is 2. The number of nitrogens with one attached hydrogen (secondary N) is 2. The molecule has 0 bridgehead atoms. The first-order valence-electron chi connectivity index (χ1n) is 6.93. The minimum atomic E-state index is -3.38. The first-order chi connectivity index (χ1) is 10.0. The van der Waals surface area contributed by atoms with Gasteiger partial charge in [0.1, 0.15) is 0 Å². The van der Waals surface area contributed by atoms with E-state index >= 15 is 0 Å². The summed E-state index contributed by atoms with van der Waals surface area (Å²) in [6.45, 7) is 1.10. The van der Waals surface area contributed by atoms with Crippen molar-refractivity contribution >= 4 is 15.7 Å². The smallest absolute Gasteiger partial charge is 0.240 e. The van der Waals surface area contributed by atoms with E-state index in [9.17, 15) is 8.42 Å². The Hall–Kier alpha value is -1.15. The molecule has 2 rings (SSSR count). The van der Waals surface area contributed by atoms with Crippen LogP contribution in [0.25, 0.3) is 0 Å². The molecule has 6 nitrogen and oxygen atoms in total. The van der Waals surface area contributed by atoms with Crippen LogP contribution in [0.1, 0.15) is 12.8 Å². The van der Waals surface area contributed by atoms with E-state index in [1.165, 1.54) is 0 Å². The summed E-state index contributed by atoms with van der Waals surface area (Å²) < 4.78 is 37.0. The molecule has 0 aromatic heterocycles. The highest BCUT2D eigenvalue weighted by Gasteiger charge is 2.27. The first-order valence-corrected chi connectivity index (χ1v) is 8.41. The molecule has 1 aliphatic carbocycles. The summed E-state index contributed by atoms with van der Waals surface area (Å²) in [6.07, 6.45) is 1.81. The number of sulfonamides is 1. The van der Waals surface area contributed by atoms with Crippen LogP contribution in [0.4, 0.5) is 5.69 Å². The molecule has 2 N–H and O–H groups in total. The highest BCUT2D eigenvalue weighted by Crippen LogP contribution is 2.22. The third-order valence-corrected chi connectivity index (χ3v) is 4.82. The van der Waals surface area contributed by atoms with Gasteiger partial charge in [-0.05, 0) is 37.1 Å². The van der Waals surface area contributed by atoms with Crippen LogP contribution < -0.4 is 10.0 Å². The quantitative estimate of drug-likeness (QED) is 0.716.